The average molecular weight is 349 g/mol. The zero-order valence-corrected chi connectivity index (χ0v) is 13.9. The smallest absolute Gasteiger partial charge is 0.269 e. The van der Waals surface area contributed by atoms with Gasteiger partial charge in [0.2, 0.25) is 0 Å². The number of hydrogen-bond acceptors (Lipinski definition) is 4. The van der Waals surface area contributed by atoms with Crippen molar-refractivity contribution in [2.45, 2.75) is 13.3 Å². The summed E-state index contributed by atoms with van der Waals surface area (Å²) in [5.74, 6) is -0.182. The van der Waals surface area contributed by atoms with Gasteiger partial charge < -0.3 is 4.90 Å². The lowest BCUT2D eigenvalue weighted by atomic mass is 10.1. The normalized spacial score (nSPS) is 14.4. The third-order valence-electron chi connectivity index (χ3n) is 3.79. The van der Waals surface area contributed by atoms with Gasteiger partial charge in [0, 0.05) is 24.2 Å². The molecule has 5 nitrogen and oxygen atoms in total. The van der Waals surface area contributed by atoms with Gasteiger partial charge in [-0.25, -0.2) is 0 Å². The number of benzene rings is 1. The molecule has 1 aromatic heterocycles. The van der Waals surface area contributed by atoms with Gasteiger partial charge in [-0.15, -0.1) is 11.3 Å². The number of carbonyl (C=O) groups excluding carboxylic acids is 1. The van der Waals surface area contributed by atoms with Crippen LogP contribution in [0, 0.1) is 10.1 Å². The van der Waals surface area contributed by atoms with Gasteiger partial charge in [-0.05, 0) is 36.9 Å². The molecule has 7 heteroatoms. The Bertz CT molecular complexity index is 811. The maximum absolute atomic E-state index is 12.8. The predicted octanol–water partition coefficient (Wildman–Crippen LogP) is 4.68. The number of anilines is 1. The van der Waals surface area contributed by atoms with E-state index in [-0.39, 0.29) is 11.6 Å². The summed E-state index contributed by atoms with van der Waals surface area (Å²) in [5, 5.41) is 13.3. The van der Waals surface area contributed by atoms with E-state index in [9.17, 15) is 14.9 Å². The van der Waals surface area contributed by atoms with E-state index in [1.165, 1.54) is 35.6 Å². The molecular formula is C16H13ClN2O3S. The largest absolute Gasteiger partial charge is 0.307 e. The van der Waals surface area contributed by atoms with E-state index in [0.29, 0.717) is 23.6 Å². The van der Waals surface area contributed by atoms with E-state index in [1.54, 1.807) is 4.90 Å². The highest BCUT2D eigenvalue weighted by molar-refractivity contribution is 7.12. The summed E-state index contributed by atoms with van der Waals surface area (Å²) in [6, 6.07) is 7.54. The molecule has 118 valence electrons. The van der Waals surface area contributed by atoms with E-state index in [0.717, 1.165) is 16.1 Å². The molecule has 2 aromatic rings. The number of amides is 1. The molecule has 0 fully saturated rings. The number of thiophene rings is 1. The minimum atomic E-state index is -0.482. The van der Waals surface area contributed by atoms with Crippen LogP contribution in [-0.2, 0) is 0 Å². The molecule has 0 radical (unpaired) electrons. The van der Waals surface area contributed by atoms with Crippen LogP contribution in [0.1, 0.15) is 28.6 Å². The number of fused-ring (bicyclic) bond motifs is 1. The fourth-order valence-electron chi connectivity index (χ4n) is 2.48. The van der Waals surface area contributed by atoms with Gasteiger partial charge in [0.25, 0.3) is 11.6 Å². The fourth-order valence-corrected chi connectivity index (χ4v) is 3.71. The number of hydrogen-bond donors (Lipinski definition) is 0. The minimum absolute atomic E-state index is 0.0332. The molecular weight excluding hydrogens is 336 g/mol. The van der Waals surface area contributed by atoms with Crippen LogP contribution >= 0.6 is 22.9 Å². The second-order valence-electron chi connectivity index (χ2n) is 5.24. The number of non-ortho nitro benzene ring substituents is 1. The summed E-state index contributed by atoms with van der Waals surface area (Å²) >= 11 is 7.89. The topological polar surface area (TPSA) is 63.5 Å². The molecule has 1 amide bonds. The van der Waals surface area contributed by atoms with E-state index in [4.69, 9.17) is 11.6 Å². The first-order valence-electron chi connectivity index (χ1n) is 6.98. The van der Waals surface area contributed by atoms with Crippen LogP contribution in [0.25, 0.3) is 5.03 Å². The van der Waals surface area contributed by atoms with Crippen LogP contribution in [-0.4, -0.2) is 17.4 Å². The van der Waals surface area contributed by atoms with Crippen LogP contribution in [0.5, 0.6) is 0 Å². The first-order valence-corrected chi connectivity index (χ1v) is 8.24. The molecule has 0 saturated heterocycles. The second-order valence-corrected chi connectivity index (χ2v) is 6.53. The van der Waals surface area contributed by atoms with Gasteiger partial charge in [-0.3, -0.25) is 14.9 Å². The molecule has 0 spiro atoms. The summed E-state index contributed by atoms with van der Waals surface area (Å²) in [6.45, 7) is 2.49. The Labute approximate surface area is 142 Å². The standard InChI is InChI=1S/C16H13ClN2O3S/c1-10-6-8-18(13-7-9-23-15(13)14(10)17)16(20)11-2-4-12(5-3-11)19(21)22/h2-5,7,9H,6,8H2,1H3. The van der Waals surface area contributed by atoms with E-state index < -0.39 is 4.92 Å². The fraction of sp³-hybridized carbons (Fsp3) is 0.188. The molecule has 1 aliphatic rings. The van der Waals surface area contributed by atoms with Crippen molar-refractivity contribution >= 4 is 45.3 Å². The maximum Gasteiger partial charge on any atom is 0.269 e. The number of nitro groups is 1. The van der Waals surface area contributed by atoms with Gasteiger partial charge in [0.15, 0.2) is 0 Å². The number of carbonyl (C=O) groups is 1. The third kappa shape index (κ3) is 2.87. The van der Waals surface area contributed by atoms with Crippen LogP contribution in [0.15, 0.2) is 41.3 Å². The second kappa shape index (κ2) is 6.14. The van der Waals surface area contributed by atoms with E-state index in [1.807, 2.05) is 18.4 Å². The predicted molar refractivity (Wildman–Crippen MR) is 92.2 cm³/mol. The number of rotatable bonds is 2. The van der Waals surface area contributed by atoms with Crippen molar-refractivity contribution in [1.82, 2.24) is 0 Å². The van der Waals surface area contributed by atoms with Crippen LogP contribution in [0.4, 0.5) is 11.4 Å². The molecule has 23 heavy (non-hydrogen) atoms. The number of halogens is 1. The van der Waals surface area contributed by atoms with E-state index in [2.05, 4.69) is 0 Å². The van der Waals surface area contributed by atoms with Gasteiger partial charge in [0.1, 0.15) is 0 Å². The highest BCUT2D eigenvalue weighted by Gasteiger charge is 2.26. The summed E-state index contributed by atoms with van der Waals surface area (Å²) < 4.78 is 0. The summed E-state index contributed by atoms with van der Waals surface area (Å²) in [7, 11) is 0. The monoisotopic (exact) mass is 348 g/mol. The Kier molecular flexibility index (Phi) is 4.19. The molecule has 1 aromatic carbocycles. The van der Waals surface area contributed by atoms with Gasteiger partial charge >= 0.3 is 0 Å². The summed E-state index contributed by atoms with van der Waals surface area (Å²) in [6.07, 6.45) is 0.693. The van der Waals surface area contributed by atoms with Crippen molar-refractivity contribution in [2.24, 2.45) is 0 Å². The van der Waals surface area contributed by atoms with Crippen LogP contribution in [0.2, 0.25) is 0 Å². The zero-order valence-electron chi connectivity index (χ0n) is 12.3. The zero-order chi connectivity index (χ0) is 16.6. The van der Waals surface area contributed by atoms with Crippen molar-refractivity contribution < 1.29 is 9.72 Å². The molecule has 3 rings (SSSR count). The number of nitrogens with zero attached hydrogens (tertiary/aromatic N) is 2. The summed E-state index contributed by atoms with van der Waals surface area (Å²) in [5.41, 5.74) is 2.23. The Hall–Kier alpha value is -2.18. The van der Waals surface area contributed by atoms with Crippen molar-refractivity contribution in [3.8, 4) is 0 Å². The lowest BCUT2D eigenvalue weighted by molar-refractivity contribution is -0.384. The molecule has 0 N–H and O–H groups in total. The van der Waals surface area contributed by atoms with E-state index >= 15 is 0 Å². The SMILES string of the molecule is CC1=C(Cl)c2sccc2N(C(=O)c2ccc([N+](=O)[O-])cc2)CC1. The molecule has 2 heterocycles. The Morgan fingerprint density at radius 1 is 1.30 bits per heavy atom. The highest BCUT2D eigenvalue weighted by Crippen LogP contribution is 2.40. The Balaban J connectivity index is 1.95. The van der Waals surface area contributed by atoms with Gasteiger partial charge in [0.05, 0.1) is 20.5 Å². The Morgan fingerprint density at radius 2 is 2.00 bits per heavy atom. The van der Waals surface area contributed by atoms with Crippen molar-refractivity contribution in [3.63, 3.8) is 0 Å². The maximum atomic E-state index is 12.8. The van der Waals surface area contributed by atoms with Gasteiger partial charge in [-0.1, -0.05) is 17.2 Å². The third-order valence-corrected chi connectivity index (χ3v) is 5.33. The minimum Gasteiger partial charge on any atom is -0.307 e. The molecule has 0 aliphatic carbocycles. The lowest BCUT2D eigenvalue weighted by Gasteiger charge is -2.21. The van der Waals surface area contributed by atoms with Crippen molar-refractivity contribution in [2.75, 3.05) is 11.4 Å². The molecule has 0 bridgehead atoms. The molecule has 0 atom stereocenters. The van der Waals surface area contributed by atoms with Crippen LogP contribution < -0.4 is 4.90 Å². The first-order chi connectivity index (χ1) is 11.0. The van der Waals surface area contributed by atoms with Gasteiger partial charge in [-0.2, -0.15) is 0 Å². The molecule has 1 aliphatic heterocycles. The quantitative estimate of drug-likeness (QED) is 0.584. The lowest BCUT2D eigenvalue weighted by Crippen LogP contribution is -2.31. The molecule has 0 saturated carbocycles. The average Bonchev–Trinajstić information content (AvgIpc) is 2.99. The van der Waals surface area contributed by atoms with Crippen molar-refractivity contribution in [1.29, 1.82) is 0 Å². The first kappa shape index (κ1) is 15.7. The van der Waals surface area contributed by atoms with Crippen LogP contribution in [0.3, 0.4) is 0 Å². The summed E-state index contributed by atoms with van der Waals surface area (Å²) in [4.78, 5) is 25.6. The van der Waals surface area contributed by atoms with Crippen molar-refractivity contribution in [3.05, 3.63) is 61.8 Å². The molecule has 0 unspecified atom stereocenters. The number of nitro benzene ring substituents is 1. The Morgan fingerprint density at radius 3 is 2.65 bits per heavy atom. The highest BCUT2D eigenvalue weighted by atomic mass is 35.5.